The molecule has 1 saturated heterocycles. The van der Waals surface area contributed by atoms with Gasteiger partial charge in [-0.15, -0.1) is 0 Å². The molecule has 5 heteroatoms. The van der Waals surface area contributed by atoms with Gasteiger partial charge >= 0.3 is 0 Å². The van der Waals surface area contributed by atoms with Crippen LogP contribution in [0.3, 0.4) is 0 Å². The molecule has 0 aliphatic carbocycles. The third-order valence-electron chi connectivity index (χ3n) is 1.84. The van der Waals surface area contributed by atoms with E-state index in [1.54, 1.807) is 6.42 Å². The minimum atomic E-state index is -0.635. The number of hydrogen-bond donors (Lipinski definition) is 2. The number of carbonyl (C=O) groups excluding carboxylic acids is 2. The van der Waals surface area contributed by atoms with Crippen molar-refractivity contribution in [1.29, 1.82) is 0 Å². The molecule has 0 saturated carbocycles. The van der Waals surface area contributed by atoms with Crippen LogP contribution < -0.4 is 5.73 Å². The van der Waals surface area contributed by atoms with Crippen LogP contribution >= 0.6 is 0 Å². The molecule has 1 aliphatic rings. The van der Waals surface area contributed by atoms with Gasteiger partial charge in [0.05, 0.1) is 0 Å². The fourth-order valence-corrected chi connectivity index (χ4v) is 1.28. The third-order valence-corrected chi connectivity index (χ3v) is 1.84. The zero-order chi connectivity index (χ0) is 9.14. The Balaban J connectivity index is 2.63. The lowest BCUT2D eigenvalue weighted by atomic mass is 10.2. The molecule has 0 spiro atoms. The van der Waals surface area contributed by atoms with Gasteiger partial charge in [0.2, 0.25) is 11.8 Å². The van der Waals surface area contributed by atoms with Crippen molar-refractivity contribution in [2.45, 2.75) is 12.5 Å². The Morgan fingerprint density at radius 3 is 2.83 bits per heavy atom. The predicted octanol–water partition coefficient (Wildman–Crippen LogP) is -1.73. The summed E-state index contributed by atoms with van der Waals surface area (Å²) in [7, 11) is 0. The van der Waals surface area contributed by atoms with Crippen LogP contribution in [0.15, 0.2) is 0 Å². The van der Waals surface area contributed by atoms with E-state index in [9.17, 15) is 9.59 Å². The summed E-state index contributed by atoms with van der Waals surface area (Å²) in [6.45, 7) is -0.107. The molecule has 0 bridgehead atoms. The first-order valence-electron chi connectivity index (χ1n) is 3.69. The summed E-state index contributed by atoms with van der Waals surface area (Å²) in [5.41, 5.74) is 5.03. The van der Waals surface area contributed by atoms with E-state index in [-0.39, 0.29) is 0 Å². The van der Waals surface area contributed by atoms with Crippen molar-refractivity contribution >= 4 is 11.8 Å². The SMILES string of the molecule is NC(=O)[C@@H]1[CH]CCN1C(=O)CO. The van der Waals surface area contributed by atoms with Gasteiger partial charge in [-0.25, -0.2) is 0 Å². The normalized spacial score (nSPS) is 22.8. The van der Waals surface area contributed by atoms with Crippen LogP contribution in [0.2, 0.25) is 0 Å². The molecule has 5 nitrogen and oxygen atoms in total. The lowest BCUT2D eigenvalue weighted by Gasteiger charge is -2.20. The first-order valence-corrected chi connectivity index (χ1v) is 3.69. The van der Waals surface area contributed by atoms with Gasteiger partial charge in [0.15, 0.2) is 0 Å². The van der Waals surface area contributed by atoms with Crippen molar-refractivity contribution in [3.63, 3.8) is 0 Å². The molecule has 1 fully saturated rings. The molecule has 2 amide bonds. The maximum absolute atomic E-state index is 11.0. The summed E-state index contributed by atoms with van der Waals surface area (Å²) in [6.07, 6.45) is 2.33. The van der Waals surface area contributed by atoms with Gasteiger partial charge in [-0.3, -0.25) is 9.59 Å². The average molecular weight is 171 g/mol. The highest BCUT2D eigenvalue weighted by Crippen LogP contribution is 2.15. The fourth-order valence-electron chi connectivity index (χ4n) is 1.28. The van der Waals surface area contributed by atoms with E-state index >= 15 is 0 Å². The van der Waals surface area contributed by atoms with Gasteiger partial charge in [-0.05, 0) is 12.8 Å². The van der Waals surface area contributed by atoms with E-state index in [1.807, 2.05) is 0 Å². The summed E-state index contributed by atoms with van der Waals surface area (Å²) in [5.74, 6) is -0.998. The number of primary amides is 1. The largest absolute Gasteiger partial charge is 0.387 e. The second-order valence-corrected chi connectivity index (χ2v) is 2.62. The highest BCUT2D eigenvalue weighted by Gasteiger charge is 2.32. The van der Waals surface area contributed by atoms with Crippen LogP contribution in [0.4, 0.5) is 0 Å². The van der Waals surface area contributed by atoms with E-state index < -0.39 is 24.5 Å². The van der Waals surface area contributed by atoms with Crippen molar-refractivity contribution in [2.75, 3.05) is 13.2 Å². The van der Waals surface area contributed by atoms with Crippen LogP contribution in [0.5, 0.6) is 0 Å². The Labute approximate surface area is 70.1 Å². The van der Waals surface area contributed by atoms with Gasteiger partial charge in [0, 0.05) is 6.54 Å². The molecule has 1 aliphatic heterocycles. The highest BCUT2D eigenvalue weighted by molar-refractivity contribution is 5.88. The molecule has 3 N–H and O–H groups in total. The summed E-state index contributed by atoms with van der Waals surface area (Å²) in [4.78, 5) is 23.0. The number of rotatable bonds is 2. The van der Waals surface area contributed by atoms with Crippen molar-refractivity contribution < 1.29 is 14.7 Å². The van der Waals surface area contributed by atoms with Crippen LogP contribution in [-0.4, -0.2) is 41.0 Å². The maximum Gasteiger partial charge on any atom is 0.248 e. The zero-order valence-electron chi connectivity index (χ0n) is 6.56. The Morgan fingerprint density at radius 2 is 2.33 bits per heavy atom. The molecule has 1 heterocycles. The van der Waals surface area contributed by atoms with Gasteiger partial charge in [-0.2, -0.15) is 0 Å². The Bertz CT molecular complexity index is 205. The number of nitrogens with two attached hydrogens (primary N) is 1. The minimum Gasteiger partial charge on any atom is -0.387 e. The van der Waals surface area contributed by atoms with Gasteiger partial charge < -0.3 is 15.7 Å². The number of aliphatic hydroxyl groups excluding tert-OH is 1. The standard InChI is InChI=1S/C7H11N2O3/c8-7(12)5-2-1-3-9(5)6(11)4-10/h2,5,10H,1,3-4H2,(H2,8,12)/t5-/m0/s1. The van der Waals surface area contributed by atoms with Crippen molar-refractivity contribution in [3.8, 4) is 0 Å². The van der Waals surface area contributed by atoms with Crippen molar-refractivity contribution in [2.24, 2.45) is 5.73 Å². The second kappa shape index (κ2) is 3.53. The fraction of sp³-hybridized carbons (Fsp3) is 0.571. The number of carbonyl (C=O) groups is 2. The van der Waals surface area contributed by atoms with Gasteiger partial charge in [0.1, 0.15) is 12.6 Å². The number of aliphatic hydroxyl groups is 1. The van der Waals surface area contributed by atoms with Crippen molar-refractivity contribution in [1.82, 2.24) is 4.90 Å². The molecule has 1 radical (unpaired) electrons. The average Bonchev–Trinajstić information content (AvgIpc) is 2.50. The van der Waals surface area contributed by atoms with Crippen molar-refractivity contribution in [3.05, 3.63) is 6.42 Å². The summed E-state index contributed by atoms with van der Waals surface area (Å²) in [6, 6.07) is -0.635. The lowest BCUT2D eigenvalue weighted by Crippen LogP contribution is -2.44. The Kier molecular flexibility index (Phi) is 2.65. The maximum atomic E-state index is 11.0. The molecule has 1 atom stereocenters. The molecule has 12 heavy (non-hydrogen) atoms. The predicted molar refractivity (Wildman–Crippen MR) is 40.7 cm³/mol. The number of hydrogen-bond acceptors (Lipinski definition) is 3. The molecule has 67 valence electrons. The smallest absolute Gasteiger partial charge is 0.248 e. The van der Waals surface area contributed by atoms with E-state index in [2.05, 4.69) is 0 Å². The summed E-state index contributed by atoms with van der Waals surface area (Å²) < 4.78 is 0. The van der Waals surface area contributed by atoms with Crippen LogP contribution in [0, 0.1) is 6.42 Å². The van der Waals surface area contributed by atoms with E-state index in [0.29, 0.717) is 13.0 Å². The summed E-state index contributed by atoms with van der Waals surface area (Å²) >= 11 is 0. The Hall–Kier alpha value is -1.10. The molecule has 0 unspecified atom stereocenters. The van der Waals surface area contributed by atoms with Crippen LogP contribution in [0.1, 0.15) is 6.42 Å². The number of amides is 2. The highest BCUT2D eigenvalue weighted by atomic mass is 16.3. The lowest BCUT2D eigenvalue weighted by molar-refractivity contribution is -0.138. The minimum absolute atomic E-state index is 0.451. The van der Waals surface area contributed by atoms with E-state index in [1.165, 1.54) is 4.90 Å². The van der Waals surface area contributed by atoms with E-state index in [4.69, 9.17) is 10.8 Å². The quantitative estimate of drug-likeness (QED) is 0.517. The van der Waals surface area contributed by atoms with Gasteiger partial charge in [0.25, 0.3) is 0 Å². The topological polar surface area (TPSA) is 83.6 Å². The first kappa shape index (κ1) is 8.99. The van der Waals surface area contributed by atoms with Crippen LogP contribution in [-0.2, 0) is 9.59 Å². The molecular formula is C7H11N2O3. The monoisotopic (exact) mass is 171 g/mol. The second-order valence-electron chi connectivity index (χ2n) is 2.62. The molecular weight excluding hydrogens is 160 g/mol. The number of nitrogens with zero attached hydrogens (tertiary/aromatic N) is 1. The zero-order valence-corrected chi connectivity index (χ0v) is 6.56. The molecule has 0 aromatic heterocycles. The van der Waals surface area contributed by atoms with E-state index in [0.717, 1.165) is 0 Å². The molecule has 0 aromatic rings. The Morgan fingerprint density at radius 1 is 1.67 bits per heavy atom. The molecule has 0 aromatic carbocycles. The van der Waals surface area contributed by atoms with Crippen LogP contribution in [0.25, 0.3) is 0 Å². The first-order chi connectivity index (χ1) is 5.66. The van der Waals surface area contributed by atoms with Gasteiger partial charge in [-0.1, -0.05) is 0 Å². The number of likely N-dealkylation sites (tertiary alicyclic amines) is 1. The molecule has 1 rings (SSSR count). The summed E-state index contributed by atoms with van der Waals surface area (Å²) in [5, 5.41) is 8.54. The third kappa shape index (κ3) is 1.55.